The van der Waals surface area contributed by atoms with Crippen LogP contribution in [0.25, 0.3) is 5.57 Å². The lowest BCUT2D eigenvalue weighted by molar-refractivity contribution is -0.134. The first-order chi connectivity index (χ1) is 7.67. The van der Waals surface area contributed by atoms with Crippen LogP contribution in [0.15, 0.2) is 30.3 Å². The van der Waals surface area contributed by atoms with Gasteiger partial charge >= 0.3 is 5.97 Å². The van der Waals surface area contributed by atoms with Crippen molar-refractivity contribution in [3.8, 4) is 0 Å². The van der Waals surface area contributed by atoms with Crippen LogP contribution in [0.4, 0.5) is 0 Å². The molecule has 0 fully saturated rings. The van der Waals surface area contributed by atoms with Crippen molar-refractivity contribution < 1.29 is 9.53 Å². The third kappa shape index (κ3) is 3.51. The Bertz CT molecular complexity index is 379. The summed E-state index contributed by atoms with van der Waals surface area (Å²) in [6, 6.07) is 8.02. The Morgan fingerprint density at radius 3 is 2.50 bits per heavy atom. The van der Waals surface area contributed by atoms with Crippen molar-refractivity contribution in [1.29, 1.82) is 0 Å². The number of hydrogen-bond donors (Lipinski definition) is 1. The average Bonchev–Trinajstić information content (AvgIpc) is 2.30. The van der Waals surface area contributed by atoms with E-state index in [1.165, 1.54) is 18.7 Å². The number of hydrogen-bond acceptors (Lipinski definition) is 3. The van der Waals surface area contributed by atoms with Crippen LogP contribution in [0.5, 0.6) is 0 Å². The molecule has 0 aliphatic carbocycles. The topological polar surface area (TPSA) is 52.3 Å². The maximum absolute atomic E-state index is 11.0. The van der Waals surface area contributed by atoms with Crippen molar-refractivity contribution in [3.05, 3.63) is 41.5 Å². The highest BCUT2D eigenvalue weighted by Crippen LogP contribution is 2.14. The van der Waals surface area contributed by atoms with Gasteiger partial charge in [-0.05, 0) is 36.6 Å². The number of nitrogens with two attached hydrogens (primary N) is 1. The fourth-order valence-corrected chi connectivity index (χ4v) is 1.42. The van der Waals surface area contributed by atoms with Crippen molar-refractivity contribution in [2.45, 2.75) is 13.3 Å². The van der Waals surface area contributed by atoms with E-state index in [2.05, 4.69) is 4.74 Å². The fraction of sp³-hybridized carbons (Fsp3) is 0.308. The molecule has 86 valence electrons. The van der Waals surface area contributed by atoms with Gasteiger partial charge in [-0.25, -0.2) is 4.79 Å². The molecule has 0 radical (unpaired) electrons. The van der Waals surface area contributed by atoms with Gasteiger partial charge in [0.1, 0.15) is 0 Å². The first-order valence-corrected chi connectivity index (χ1v) is 5.23. The number of esters is 1. The number of carbonyl (C=O) groups is 1. The fourth-order valence-electron chi connectivity index (χ4n) is 1.42. The van der Waals surface area contributed by atoms with E-state index in [-0.39, 0.29) is 5.97 Å². The van der Waals surface area contributed by atoms with E-state index in [1.54, 1.807) is 0 Å². The van der Waals surface area contributed by atoms with Gasteiger partial charge in [-0.2, -0.15) is 0 Å². The zero-order chi connectivity index (χ0) is 12.0. The number of rotatable bonds is 4. The molecule has 0 atom stereocenters. The van der Waals surface area contributed by atoms with E-state index < -0.39 is 0 Å². The summed E-state index contributed by atoms with van der Waals surface area (Å²) in [6.07, 6.45) is 2.36. The van der Waals surface area contributed by atoms with Gasteiger partial charge in [0.05, 0.1) is 7.11 Å². The van der Waals surface area contributed by atoms with Gasteiger partial charge in [-0.3, -0.25) is 0 Å². The standard InChI is InChI=1S/C13H17NO2/c1-10(9-13(15)16-2)12-5-3-11(4-6-12)7-8-14/h3-6,9H,7-8,14H2,1-2H3. The molecular formula is C13H17NO2. The highest BCUT2D eigenvalue weighted by molar-refractivity contribution is 5.90. The Labute approximate surface area is 95.9 Å². The normalized spacial score (nSPS) is 11.3. The Morgan fingerprint density at radius 1 is 1.38 bits per heavy atom. The molecule has 1 rings (SSSR count). The molecule has 3 heteroatoms. The molecule has 0 aliphatic rings. The van der Waals surface area contributed by atoms with Crippen molar-refractivity contribution in [1.82, 2.24) is 0 Å². The lowest BCUT2D eigenvalue weighted by Crippen LogP contribution is -2.02. The van der Waals surface area contributed by atoms with Crippen LogP contribution in [-0.4, -0.2) is 19.6 Å². The van der Waals surface area contributed by atoms with Crippen LogP contribution in [-0.2, 0) is 16.0 Å². The quantitative estimate of drug-likeness (QED) is 0.620. The van der Waals surface area contributed by atoms with Gasteiger partial charge in [0.15, 0.2) is 0 Å². The van der Waals surface area contributed by atoms with Gasteiger partial charge in [-0.15, -0.1) is 0 Å². The summed E-state index contributed by atoms with van der Waals surface area (Å²) < 4.78 is 4.57. The Kier molecular flexibility index (Phi) is 4.73. The predicted molar refractivity (Wildman–Crippen MR) is 64.9 cm³/mol. The third-order valence-electron chi connectivity index (χ3n) is 2.38. The summed E-state index contributed by atoms with van der Waals surface area (Å²) >= 11 is 0. The molecule has 0 aromatic heterocycles. The summed E-state index contributed by atoms with van der Waals surface area (Å²) in [6.45, 7) is 2.53. The Morgan fingerprint density at radius 2 is 2.00 bits per heavy atom. The molecule has 0 aliphatic heterocycles. The van der Waals surface area contributed by atoms with Crippen LogP contribution in [0.2, 0.25) is 0 Å². The molecular weight excluding hydrogens is 202 g/mol. The van der Waals surface area contributed by atoms with E-state index in [0.29, 0.717) is 6.54 Å². The highest BCUT2D eigenvalue weighted by atomic mass is 16.5. The summed E-state index contributed by atoms with van der Waals surface area (Å²) in [4.78, 5) is 11.0. The van der Waals surface area contributed by atoms with Crippen LogP contribution in [0.1, 0.15) is 18.1 Å². The minimum absolute atomic E-state index is 0.330. The number of carbonyl (C=O) groups excluding carboxylic acids is 1. The Balaban J connectivity index is 2.81. The number of benzene rings is 1. The summed E-state index contributed by atoms with van der Waals surface area (Å²) in [5.41, 5.74) is 8.59. The molecule has 1 aromatic rings. The first kappa shape index (κ1) is 12.5. The van der Waals surface area contributed by atoms with Crippen LogP contribution in [0.3, 0.4) is 0 Å². The summed E-state index contributed by atoms with van der Waals surface area (Å²) in [5, 5.41) is 0. The minimum Gasteiger partial charge on any atom is -0.466 e. The summed E-state index contributed by atoms with van der Waals surface area (Å²) in [5.74, 6) is -0.330. The second kappa shape index (κ2) is 6.08. The monoisotopic (exact) mass is 219 g/mol. The van der Waals surface area contributed by atoms with Crippen molar-refractivity contribution in [3.63, 3.8) is 0 Å². The van der Waals surface area contributed by atoms with Gasteiger partial charge in [0.25, 0.3) is 0 Å². The highest BCUT2D eigenvalue weighted by Gasteiger charge is 2.00. The van der Waals surface area contributed by atoms with Crippen molar-refractivity contribution >= 4 is 11.5 Å². The number of allylic oxidation sites excluding steroid dienone is 1. The minimum atomic E-state index is -0.330. The molecule has 0 bridgehead atoms. The Hall–Kier alpha value is -1.61. The lowest BCUT2D eigenvalue weighted by Gasteiger charge is -2.03. The molecule has 0 saturated heterocycles. The average molecular weight is 219 g/mol. The molecule has 0 spiro atoms. The molecule has 2 N–H and O–H groups in total. The molecule has 16 heavy (non-hydrogen) atoms. The second-order valence-electron chi connectivity index (χ2n) is 3.59. The lowest BCUT2D eigenvalue weighted by atomic mass is 10.0. The van der Waals surface area contributed by atoms with Crippen LogP contribution in [0, 0.1) is 0 Å². The first-order valence-electron chi connectivity index (χ1n) is 5.23. The van der Waals surface area contributed by atoms with E-state index in [1.807, 2.05) is 31.2 Å². The maximum Gasteiger partial charge on any atom is 0.330 e. The smallest absolute Gasteiger partial charge is 0.330 e. The second-order valence-corrected chi connectivity index (χ2v) is 3.59. The third-order valence-corrected chi connectivity index (χ3v) is 2.38. The molecule has 0 unspecified atom stereocenters. The van der Waals surface area contributed by atoms with Crippen LogP contribution < -0.4 is 5.73 Å². The molecule has 0 heterocycles. The summed E-state index contributed by atoms with van der Waals surface area (Å²) in [7, 11) is 1.37. The van der Waals surface area contributed by atoms with Crippen molar-refractivity contribution in [2.24, 2.45) is 5.73 Å². The zero-order valence-electron chi connectivity index (χ0n) is 9.69. The van der Waals surface area contributed by atoms with Crippen molar-refractivity contribution in [2.75, 3.05) is 13.7 Å². The van der Waals surface area contributed by atoms with E-state index >= 15 is 0 Å². The van der Waals surface area contributed by atoms with Gasteiger partial charge in [0, 0.05) is 6.08 Å². The van der Waals surface area contributed by atoms with Gasteiger partial charge in [0.2, 0.25) is 0 Å². The van der Waals surface area contributed by atoms with Crippen LogP contribution >= 0.6 is 0 Å². The SMILES string of the molecule is COC(=O)C=C(C)c1ccc(CCN)cc1. The molecule has 0 saturated carbocycles. The van der Waals surface area contributed by atoms with E-state index in [9.17, 15) is 4.79 Å². The number of methoxy groups -OCH3 is 1. The maximum atomic E-state index is 11.0. The largest absolute Gasteiger partial charge is 0.466 e. The predicted octanol–water partition coefficient (Wildman–Crippen LogP) is 1.76. The molecule has 0 amide bonds. The molecule has 3 nitrogen and oxygen atoms in total. The zero-order valence-corrected chi connectivity index (χ0v) is 9.69. The molecule has 1 aromatic carbocycles. The van der Waals surface area contributed by atoms with Gasteiger partial charge in [-0.1, -0.05) is 24.3 Å². The van der Waals surface area contributed by atoms with E-state index in [0.717, 1.165) is 17.6 Å². The number of ether oxygens (including phenoxy) is 1. The van der Waals surface area contributed by atoms with E-state index in [4.69, 9.17) is 5.73 Å². The van der Waals surface area contributed by atoms with Gasteiger partial charge < -0.3 is 10.5 Å².